The zero-order valence-electron chi connectivity index (χ0n) is 28.2. The summed E-state index contributed by atoms with van der Waals surface area (Å²) in [6, 6.07) is 38.2. The largest absolute Gasteiger partial charge is 0.344 e. The number of amides is 2. The molecule has 0 radical (unpaired) electrons. The molecule has 5 aromatic carbocycles. The molecule has 9 heteroatoms. The minimum absolute atomic E-state index is 0.0761. The Hall–Kier alpha value is -5.41. The number of aromatic nitrogens is 4. The van der Waals surface area contributed by atoms with Crippen molar-refractivity contribution in [3.8, 4) is 0 Å². The summed E-state index contributed by atoms with van der Waals surface area (Å²) in [5.74, 6) is 0.149. The van der Waals surface area contributed by atoms with Gasteiger partial charge in [0.05, 0.1) is 6.04 Å². The van der Waals surface area contributed by atoms with Crippen molar-refractivity contribution in [2.24, 2.45) is 5.92 Å². The van der Waals surface area contributed by atoms with Gasteiger partial charge in [-0.1, -0.05) is 115 Å². The van der Waals surface area contributed by atoms with Crippen molar-refractivity contribution in [1.29, 1.82) is 0 Å². The number of fused-ring (bicyclic) bond motifs is 2. The Bertz CT molecular complexity index is 2050. The first-order valence-electron chi connectivity index (χ1n) is 17.7. The van der Waals surface area contributed by atoms with Crippen molar-refractivity contribution >= 4 is 33.4 Å². The van der Waals surface area contributed by atoms with Gasteiger partial charge in [-0.3, -0.25) is 9.59 Å². The second-order valence-electron chi connectivity index (χ2n) is 13.2. The third-order valence-corrected chi connectivity index (χ3v) is 9.78. The topological polar surface area (TPSA) is 114 Å². The molecule has 0 aliphatic carbocycles. The predicted octanol–water partition coefficient (Wildman–Crippen LogP) is 5.74. The lowest BCUT2D eigenvalue weighted by Gasteiger charge is -2.27. The van der Waals surface area contributed by atoms with Crippen LogP contribution in [0.25, 0.3) is 21.5 Å². The minimum atomic E-state index is -0.768. The molecule has 7 rings (SSSR count). The van der Waals surface area contributed by atoms with Crippen molar-refractivity contribution in [1.82, 2.24) is 36.2 Å². The van der Waals surface area contributed by atoms with E-state index in [2.05, 4.69) is 98.2 Å². The number of hydrogen-bond donors (Lipinski definition) is 3. The molecule has 0 saturated carbocycles. The maximum absolute atomic E-state index is 14.4. The van der Waals surface area contributed by atoms with Gasteiger partial charge in [-0.05, 0) is 93.9 Å². The zero-order valence-corrected chi connectivity index (χ0v) is 28.2. The van der Waals surface area contributed by atoms with Gasteiger partial charge in [0.15, 0.2) is 5.82 Å². The fourth-order valence-corrected chi connectivity index (χ4v) is 6.93. The van der Waals surface area contributed by atoms with Crippen LogP contribution >= 0.6 is 0 Å². The normalized spacial score (nSPS) is 14.7. The zero-order chi connectivity index (χ0) is 34.1. The average molecular weight is 666 g/mol. The van der Waals surface area contributed by atoms with E-state index in [4.69, 9.17) is 0 Å². The van der Waals surface area contributed by atoms with Gasteiger partial charge in [-0.25, -0.2) is 4.68 Å². The summed E-state index contributed by atoms with van der Waals surface area (Å²) in [5, 5.41) is 27.2. The first kappa shape index (κ1) is 33.1. The number of aryl methyl sites for hydroxylation is 3. The van der Waals surface area contributed by atoms with Crippen molar-refractivity contribution in [3.63, 3.8) is 0 Å². The Labute approximate surface area is 292 Å². The number of hydrogen-bond acceptors (Lipinski definition) is 6. The second-order valence-corrected chi connectivity index (χ2v) is 13.2. The van der Waals surface area contributed by atoms with Crippen LogP contribution in [-0.4, -0.2) is 51.2 Å². The second kappa shape index (κ2) is 15.9. The number of piperidine rings is 1. The van der Waals surface area contributed by atoms with Crippen molar-refractivity contribution < 1.29 is 9.59 Å². The summed E-state index contributed by atoms with van der Waals surface area (Å²) < 4.78 is 1.80. The smallest absolute Gasteiger partial charge is 0.243 e. The molecule has 50 heavy (non-hydrogen) atoms. The molecule has 6 aromatic rings. The summed E-state index contributed by atoms with van der Waals surface area (Å²) in [6.07, 6.45) is 3.91. The summed E-state index contributed by atoms with van der Waals surface area (Å²) in [4.78, 5) is 28.0. The number of nitrogens with one attached hydrogen (secondary N) is 3. The Morgan fingerprint density at radius 2 is 1.36 bits per heavy atom. The fourth-order valence-electron chi connectivity index (χ4n) is 6.93. The van der Waals surface area contributed by atoms with Crippen LogP contribution in [0.1, 0.15) is 47.8 Å². The summed E-state index contributed by atoms with van der Waals surface area (Å²) in [5.41, 5.74) is 3.33. The van der Waals surface area contributed by atoms with E-state index in [0.717, 1.165) is 54.3 Å². The molecule has 0 bridgehead atoms. The highest BCUT2D eigenvalue weighted by Crippen LogP contribution is 2.23. The van der Waals surface area contributed by atoms with Gasteiger partial charge in [0.2, 0.25) is 11.8 Å². The Balaban J connectivity index is 1.15. The number of nitrogens with zero attached hydrogens (tertiary/aromatic N) is 4. The molecule has 1 fully saturated rings. The summed E-state index contributed by atoms with van der Waals surface area (Å²) >= 11 is 0. The van der Waals surface area contributed by atoms with E-state index in [1.54, 1.807) is 4.68 Å². The van der Waals surface area contributed by atoms with Crippen LogP contribution in [0.5, 0.6) is 0 Å². The van der Waals surface area contributed by atoms with Crippen LogP contribution in [0.4, 0.5) is 0 Å². The Kier molecular flexibility index (Phi) is 10.5. The molecule has 1 aromatic heterocycles. The highest BCUT2D eigenvalue weighted by Gasteiger charge is 2.30. The lowest BCUT2D eigenvalue weighted by molar-refractivity contribution is -0.132. The van der Waals surface area contributed by atoms with Gasteiger partial charge >= 0.3 is 0 Å². The van der Waals surface area contributed by atoms with E-state index in [1.807, 2.05) is 48.5 Å². The van der Waals surface area contributed by atoms with Gasteiger partial charge in [-0.15, -0.1) is 5.10 Å². The molecule has 2 amide bonds. The number of rotatable bonds is 13. The Morgan fingerprint density at radius 3 is 2.08 bits per heavy atom. The van der Waals surface area contributed by atoms with Gasteiger partial charge in [0.25, 0.3) is 0 Å². The van der Waals surface area contributed by atoms with E-state index < -0.39 is 12.1 Å². The minimum Gasteiger partial charge on any atom is -0.344 e. The molecule has 2 atom stereocenters. The van der Waals surface area contributed by atoms with Gasteiger partial charge < -0.3 is 16.0 Å². The van der Waals surface area contributed by atoms with E-state index in [0.29, 0.717) is 31.6 Å². The van der Waals surface area contributed by atoms with Crippen LogP contribution in [0, 0.1) is 5.92 Å². The van der Waals surface area contributed by atoms with Crippen LogP contribution < -0.4 is 16.0 Å². The SMILES string of the molecule is O=C(N[C@H](Cc1ccc2ccccc2c1)C(=O)N[C@H](CCc1ccc2ccccc2c1)c1nnnn1CCc1ccccc1)C1CCNCC1. The number of carbonyl (C=O) groups is 2. The molecule has 9 nitrogen and oxygen atoms in total. The molecule has 0 unspecified atom stereocenters. The molecule has 0 spiro atoms. The molecule has 1 saturated heterocycles. The molecular formula is C41H43N7O2. The maximum Gasteiger partial charge on any atom is 0.243 e. The van der Waals surface area contributed by atoms with Gasteiger partial charge in [0, 0.05) is 18.9 Å². The van der Waals surface area contributed by atoms with E-state index in [9.17, 15) is 9.59 Å². The fraction of sp³-hybridized carbons (Fsp3) is 0.293. The quantitative estimate of drug-likeness (QED) is 0.145. The van der Waals surface area contributed by atoms with E-state index in [1.165, 1.54) is 16.3 Å². The highest BCUT2D eigenvalue weighted by molar-refractivity contribution is 5.89. The van der Waals surface area contributed by atoms with Crippen molar-refractivity contribution in [3.05, 3.63) is 138 Å². The number of benzene rings is 5. The molecule has 254 valence electrons. The lowest BCUT2D eigenvalue weighted by atomic mass is 9.95. The van der Waals surface area contributed by atoms with Crippen LogP contribution in [0.15, 0.2) is 115 Å². The van der Waals surface area contributed by atoms with Gasteiger partial charge in [0.1, 0.15) is 6.04 Å². The molecular weight excluding hydrogens is 622 g/mol. The lowest BCUT2D eigenvalue weighted by Crippen LogP contribution is -2.51. The van der Waals surface area contributed by atoms with Crippen LogP contribution in [0.2, 0.25) is 0 Å². The van der Waals surface area contributed by atoms with Crippen molar-refractivity contribution in [2.45, 2.75) is 57.2 Å². The number of tetrazole rings is 1. The van der Waals surface area contributed by atoms with Crippen molar-refractivity contribution in [2.75, 3.05) is 13.1 Å². The highest BCUT2D eigenvalue weighted by atomic mass is 16.2. The first-order valence-corrected chi connectivity index (χ1v) is 17.7. The van der Waals surface area contributed by atoms with E-state index in [-0.39, 0.29) is 17.7 Å². The average Bonchev–Trinajstić information content (AvgIpc) is 3.64. The monoisotopic (exact) mass is 665 g/mol. The molecule has 2 heterocycles. The molecule has 1 aliphatic rings. The van der Waals surface area contributed by atoms with Crippen LogP contribution in [-0.2, 0) is 35.4 Å². The Morgan fingerprint density at radius 1 is 0.720 bits per heavy atom. The maximum atomic E-state index is 14.4. The predicted molar refractivity (Wildman–Crippen MR) is 196 cm³/mol. The molecule has 1 aliphatic heterocycles. The summed E-state index contributed by atoms with van der Waals surface area (Å²) in [7, 11) is 0. The third-order valence-electron chi connectivity index (χ3n) is 9.78. The first-order chi connectivity index (χ1) is 24.6. The van der Waals surface area contributed by atoms with Crippen LogP contribution in [0.3, 0.4) is 0 Å². The van der Waals surface area contributed by atoms with Gasteiger partial charge in [-0.2, -0.15) is 0 Å². The van der Waals surface area contributed by atoms with E-state index >= 15 is 0 Å². The standard InChI is InChI=1S/C41H43N7O2/c49-40(34-20-23-42-24-21-34)44-38(28-31-15-18-33-11-5-7-13-36(33)27-31)41(50)43-37(19-16-30-14-17-32-10-4-6-12-35(32)26-30)39-45-46-47-48(39)25-22-29-8-2-1-3-9-29/h1-15,17-18,26-27,34,37-38,42H,16,19-25,28H2,(H,43,50)(H,44,49)/t37-,38-/m1/s1. The number of carbonyl (C=O) groups excluding carboxylic acids is 2. The summed E-state index contributed by atoms with van der Waals surface area (Å²) in [6.45, 7) is 2.16. The molecule has 3 N–H and O–H groups in total. The third kappa shape index (κ3) is 8.23.